The second kappa shape index (κ2) is 7.05. The molecule has 0 amide bonds. The summed E-state index contributed by atoms with van der Waals surface area (Å²) in [7, 11) is 0. The molecule has 3 heteroatoms. The molecule has 3 nitrogen and oxygen atoms in total. The molecule has 0 saturated carbocycles. The van der Waals surface area contributed by atoms with Crippen molar-refractivity contribution < 1.29 is 0 Å². The predicted octanol–water partition coefficient (Wildman–Crippen LogP) is 6.17. The first kappa shape index (κ1) is 16.3. The van der Waals surface area contributed by atoms with Crippen molar-refractivity contribution in [1.29, 1.82) is 0 Å². The van der Waals surface area contributed by atoms with Gasteiger partial charge in [-0.25, -0.2) is 15.0 Å². The van der Waals surface area contributed by atoms with E-state index >= 15 is 0 Å². The quantitative estimate of drug-likeness (QED) is 0.304. The third-order valence-electron chi connectivity index (χ3n) is 4.67. The lowest BCUT2D eigenvalue weighted by Crippen LogP contribution is -1.85. The molecule has 132 valence electrons. The Hall–Kier alpha value is -3.85. The molecular formula is C25H17N3. The van der Waals surface area contributed by atoms with Crippen LogP contribution in [-0.4, -0.2) is 15.0 Å². The van der Waals surface area contributed by atoms with E-state index in [1.807, 2.05) is 84.9 Å². The fraction of sp³-hybridized carbons (Fsp3) is 0. The van der Waals surface area contributed by atoms with Crippen LogP contribution in [0.3, 0.4) is 0 Å². The maximum Gasteiger partial charge on any atom is 0.0894 e. The van der Waals surface area contributed by atoms with E-state index in [-0.39, 0.29) is 0 Å². The number of hydrogen-bond acceptors (Lipinski definition) is 3. The average Bonchev–Trinajstić information content (AvgIpc) is 2.76. The molecule has 0 aliphatic carbocycles. The van der Waals surface area contributed by atoms with Gasteiger partial charge in [0.25, 0.3) is 0 Å². The molecule has 4 aromatic carbocycles. The standard InChI is InChI=1S/C13H9N.C12H8N2/c1-3-7-12-10(5-1)9-11-6-2-4-8-13(11)14-12;1-2-6-10-9(5-1)13-11-7-3-4-8-12(11)14-10/h1-9H;1-8H. The lowest BCUT2D eigenvalue weighted by molar-refractivity contribution is 1.39. The molecule has 2 heterocycles. The van der Waals surface area contributed by atoms with E-state index in [4.69, 9.17) is 0 Å². The largest absolute Gasteiger partial charge is 0.248 e. The zero-order valence-electron chi connectivity index (χ0n) is 15.2. The van der Waals surface area contributed by atoms with Gasteiger partial charge in [0.2, 0.25) is 0 Å². The van der Waals surface area contributed by atoms with Crippen LogP contribution in [0.4, 0.5) is 0 Å². The highest BCUT2D eigenvalue weighted by atomic mass is 14.8. The molecular weight excluding hydrogens is 342 g/mol. The van der Waals surface area contributed by atoms with Crippen molar-refractivity contribution in [3.63, 3.8) is 0 Å². The lowest BCUT2D eigenvalue weighted by atomic mass is 10.1. The van der Waals surface area contributed by atoms with Gasteiger partial charge in [0.15, 0.2) is 0 Å². The molecule has 6 rings (SSSR count). The number of rotatable bonds is 0. The van der Waals surface area contributed by atoms with Crippen LogP contribution in [0.1, 0.15) is 0 Å². The molecule has 6 aromatic rings. The molecule has 0 unspecified atom stereocenters. The summed E-state index contributed by atoms with van der Waals surface area (Å²) in [6.07, 6.45) is 0. The van der Waals surface area contributed by atoms with Crippen LogP contribution in [0.2, 0.25) is 0 Å². The smallest absolute Gasteiger partial charge is 0.0894 e. The van der Waals surface area contributed by atoms with Gasteiger partial charge < -0.3 is 0 Å². The van der Waals surface area contributed by atoms with Gasteiger partial charge in [0.1, 0.15) is 0 Å². The van der Waals surface area contributed by atoms with Crippen molar-refractivity contribution in [3.05, 3.63) is 103 Å². The molecule has 0 radical (unpaired) electrons. The first-order valence-corrected chi connectivity index (χ1v) is 9.23. The first-order chi connectivity index (χ1) is 13.9. The van der Waals surface area contributed by atoms with Crippen molar-refractivity contribution >= 4 is 43.9 Å². The molecule has 28 heavy (non-hydrogen) atoms. The Kier molecular flexibility index (Phi) is 4.11. The molecule has 2 aromatic heterocycles. The Bertz CT molecular complexity index is 1100. The summed E-state index contributed by atoms with van der Waals surface area (Å²) in [5.41, 5.74) is 5.92. The van der Waals surface area contributed by atoms with Crippen LogP contribution in [0.5, 0.6) is 0 Å². The molecule has 0 N–H and O–H groups in total. The predicted molar refractivity (Wildman–Crippen MR) is 116 cm³/mol. The minimum Gasteiger partial charge on any atom is -0.248 e. The molecule has 0 bridgehead atoms. The van der Waals surface area contributed by atoms with E-state index in [9.17, 15) is 0 Å². The highest BCUT2D eigenvalue weighted by Crippen LogP contribution is 2.18. The molecule has 0 atom stereocenters. The summed E-state index contributed by atoms with van der Waals surface area (Å²) in [4.78, 5) is 13.6. The summed E-state index contributed by atoms with van der Waals surface area (Å²) in [6.45, 7) is 0. The topological polar surface area (TPSA) is 38.7 Å². The fourth-order valence-corrected chi connectivity index (χ4v) is 3.29. The maximum absolute atomic E-state index is 4.58. The first-order valence-electron chi connectivity index (χ1n) is 9.23. The van der Waals surface area contributed by atoms with Crippen LogP contribution in [0, 0.1) is 0 Å². The van der Waals surface area contributed by atoms with Crippen LogP contribution >= 0.6 is 0 Å². The maximum atomic E-state index is 4.58. The van der Waals surface area contributed by atoms with Gasteiger partial charge in [-0.1, -0.05) is 60.7 Å². The van der Waals surface area contributed by atoms with Crippen molar-refractivity contribution in [2.45, 2.75) is 0 Å². The van der Waals surface area contributed by atoms with Gasteiger partial charge in [0, 0.05) is 10.8 Å². The van der Waals surface area contributed by atoms with E-state index < -0.39 is 0 Å². The minimum absolute atomic E-state index is 0.950. The number of aromatic nitrogens is 3. The van der Waals surface area contributed by atoms with Gasteiger partial charge in [0.05, 0.1) is 33.1 Å². The van der Waals surface area contributed by atoms with Gasteiger partial charge in [-0.2, -0.15) is 0 Å². The Balaban J connectivity index is 0.000000122. The Labute approximate surface area is 162 Å². The summed E-state index contributed by atoms with van der Waals surface area (Å²) < 4.78 is 0. The number of fused-ring (bicyclic) bond motifs is 4. The Morgan fingerprint density at radius 3 is 1.00 bits per heavy atom. The van der Waals surface area contributed by atoms with E-state index in [0.717, 1.165) is 33.1 Å². The van der Waals surface area contributed by atoms with E-state index in [1.165, 1.54) is 10.8 Å². The monoisotopic (exact) mass is 359 g/mol. The second-order valence-electron chi connectivity index (χ2n) is 6.57. The third-order valence-corrected chi connectivity index (χ3v) is 4.67. The summed E-state index contributed by atoms with van der Waals surface area (Å²) in [5.74, 6) is 0. The van der Waals surface area contributed by atoms with Crippen molar-refractivity contribution in [1.82, 2.24) is 15.0 Å². The van der Waals surface area contributed by atoms with Crippen molar-refractivity contribution in [2.75, 3.05) is 0 Å². The van der Waals surface area contributed by atoms with Crippen LogP contribution in [0.25, 0.3) is 43.9 Å². The Morgan fingerprint density at radius 2 is 0.607 bits per heavy atom. The number of nitrogens with zero attached hydrogens (tertiary/aromatic N) is 3. The molecule has 0 aliphatic rings. The molecule has 0 spiro atoms. The summed E-state index contributed by atoms with van der Waals surface area (Å²) in [5, 5.41) is 2.40. The SMILES string of the molecule is c1ccc2nc3ccccc3cc2c1.c1ccc2nc3ccccc3nc2c1. The van der Waals surface area contributed by atoms with E-state index in [0.29, 0.717) is 0 Å². The van der Waals surface area contributed by atoms with E-state index in [1.54, 1.807) is 0 Å². The highest BCUT2D eigenvalue weighted by Gasteiger charge is 1.98. The molecule has 0 aliphatic heterocycles. The molecule has 0 saturated heterocycles. The van der Waals surface area contributed by atoms with E-state index in [2.05, 4.69) is 33.2 Å². The number of para-hydroxylation sites is 6. The Morgan fingerprint density at radius 1 is 0.321 bits per heavy atom. The zero-order chi connectivity index (χ0) is 18.8. The van der Waals surface area contributed by atoms with Crippen LogP contribution in [-0.2, 0) is 0 Å². The summed E-state index contributed by atoms with van der Waals surface area (Å²) in [6, 6.07) is 34.4. The second-order valence-corrected chi connectivity index (χ2v) is 6.57. The fourth-order valence-electron chi connectivity index (χ4n) is 3.29. The van der Waals surface area contributed by atoms with Gasteiger partial charge in [-0.15, -0.1) is 0 Å². The lowest BCUT2D eigenvalue weighted by Gasteiger charge is -1.99. The average molecular weight is 359 g/mol. The van der Waals surface area contributed by atoms with Crippen molar-refractivity contribution in [2.24, 2.45) is 0 Å². The third kappa shape index (κ3) is 3.14. The number of hydrogen-bond donors (Lipinski definition) is 0. The van der Waals surface area contributed by atoms with Crippen molar-refractivity contribution in [3.8, 4) is 0 Å². The molecule has 0 fully saturated rings. The van der Waals surface area contributed by atoms with Gasteiger partial charge in [-0.3, -0.25) is 0 Å². The highest BCUT2D eigenvalue weighted by molar-refractivity contribution is 5.92. The van der Waals surface area contributed by atoms with Crippen LogP contribution < -0.4 is 0 Å². The number of pyridine rings is 1. The van der Waals surface area contributed by atoms with Crippen LogP contribution in [0.15, 0.2) is 103 Å². The summed E-state index contributed by atoms with van der Waals surface area (Å²) >= 11 is 0. The van der Waals surface area contributed by atoms with Gasteiger partial charge >= 0.3 is 0 Å². The minimum atomic E-state index is 0.950. The normalized spacial score (nSPS) is 10.9. The van der Waals surface area contributed by atoms with Gasteiger partial charge in [-0.05, 0) is 42.5 Å². The number of benzene rings is 4. The zero-order valence-corrected chi connectivity index (χ0v) is 15.2.